The van der Waals surface area contributed by atoms with Crippen molar-refractivity contribution in [2.75, 3.05) is 31.6 Å². The Kier molecular flexibility index (Phi) is 4.62. The number of nitrogens with zero attached hydrogens (tertiary/aromatic N) is 3. The van der Waals surface area contributed by atoms with E-state index in [-0.39, 0.29) is 0 Å². The van der Waals surface area contributed by atoms with Crippen molar-refractivity contribution >= 4 is 21.7 Å². The summed E-state index contributed by atoms with van der Waals surface area (Å²) in [6.45, 7) is 7.79. The summed E-state index contributed by atoms with van der Waals surface area (Å²) in [7, 11) is 2.21. The SMILES string of the molecule is CCC1CN(C)CCCN1c1nccc(C)c1Br. The number of hydrogen-bond acceptors (Lipinski definition) is 3. The van der Waals surface area contributed by atoms with Gasteiger partial charge in [0.05, 0.1) is 4.47 Å². The van der Waals surface area contributed by atoms with Crippen LogP contribution in [0, 0.1) is 6.92 Å². The predicted molar refractivity (Wildman–Crippen MR) is 80.2 cm³/mol. The lowest BCUT2D eigenvalue weighted by Gasteiger charge is -2.32. The van der Waals surface area contributed by atoms with E-state index in [9.17, 15) is 0 Å². The average molecular weight is 312 g/mol. The number of aryl methyl sites for hydroxylation is 1. The molecule has 1 fully saturated rings. The second-order valence-electron chi connectivity index (χ2n) is 5.14. The molecule has 1 aliphatic heterocycles. The molecule has 0 aliphatic carbocycles. The maximum atomic E-state index is 4.59. The third-order valence-corrected chi connectivity index (χ3v) is 4.69. The van der Waals surface area contributed by atoms with Crippen LogP contribution >= 0.6 is 15.9 Å². The van der Waals surface area contributed by atoms with Crippen LogP contribution in [-0.2, 0) is 0 Å². The molecule has 0 N–H and O–H groups in total. The van der Waals surface area contributed by atoms with Gasteiger partial charge in [0.1, 0.15) is 5.82 Å². The molecule has 2 rings (SSSR count). The Bertz CT molecular complexity index is 408. The summed E-state index contributed by atoms with van der Waals surface area (Å²) in [5.74, 6) is 1.11. The summed E-state index contributed by atoms with van der Waals surface area (Å²) in [6.07, 6.45) is 4.28. The Morgan fingerprint density at radius 1 is 1.44 bits per heavy atom. The number of likely N-dealkylation sites (N-methyl/N-ethyl adjacent to an activating group) is 1. The van der Waals surface area contributed by atoms with E-state index in [0.29, 0.717) is 6.04 Å². The van der Waals surface area contributed by atoms with Crippen LogP contribution in [0.3, 0.4) is 0 Å². The van der Waals surface area contributed by atoms with Crippen molar-refractivity contribution in [2.24, 2.45) is 0 Å². The van der Waals surface area contributed by atoms with E-state index >= 15 is 0 Å². The molecule has 1 unspecified atom stereocenters. The zero-order chi connectivity index (χ0) is 13.1. The smallest absolute Gasteiger partial charge is 0.143 e. The van der Waals surface area contributed by atoms with Gasteiger partial charge in [0.25, 0.3) is 0 Å². The first-order chi connectivity index (χ1) is 8.63. The molecular weight excluding hydrogens is 290 g/mol. The molecule has 1 aliphatic rings. The second kappa shape index (κ2) is 6.02. The second-order valence-corrected chi connectivity index (χ2v) is 5.93. The van der Waals surface area contributed by atoms with E-state index in [1.54, 1.807) is 0 Å². The first-order valence-electron chi connectivity index (χ1n) is 6.69. The summed E-state index contributed by atoms with van der Waals surface area (Å²) in [5, 5.41) is 0. The van der Waals surface area contributed by atoms with E-state index < -0.39 is 0 Å². The number of hydrogen-bond donors (Lipinski definition) is 0. The van der Waals surface area contributed by atoms with E-state index in [2.05, 4.69) is 57.7 Å². The number of aromatic nitrogens is 1. The van der Waals surface area contributed by atoms with Crippen molar-refractivity contribution in [3.05, 3.63) is 22.3 Å². The van der Waals surface area contributed by atoms with Crippen LogP contribution in [0.4, 0.5) is 5.82 Å². The van der Waals surface area contributed by atoms with Crippen molar-refractivity contribution in [1.29, 1.82) is 0 Å². The molecular formula is C14H22BrN3. The number of anilines is 1. The molecule has 0 radical (unpaired) electrons. The van der Waals surface area contributed by atoms with Gasteiger partial charge in [-0.3, -0.25) is 0 Å². The number of rotatable bonds is 2. The van der Waals surface area contributed by atoms with Crippen molar-refractivity contribution in [1.82, 2.24) is 9.88 Å². The van der Waals surface area contributed by atoms with E-state index in [4.69, 9.17) is 0 Å². The highest BCUT2D eigenvalue weighted by atomic mass is 79.9. The highest BCUT2D eigenvalue weighted by Gasteiger charge is 2.24. The lowest BCUT2D eigenvalue weighted by atomic mass is 10.1. The lowest BCUT2D eigenvalue weighted by molar-refractivity contribution is 0.327. The molecule has 2 heterocycles. The molecule has 0 saturated carbocycles. The summed E-state index contributed by atoms with van der Waals surface area (Å²) in [5.41, 5.74) is 1.26. The fraction of sp³-hybridized carbons (Fsp3) is 0.643. The van der Waals surface area contributed by atoms with Crippen LogP contribution in [0.2, 0.25) is 0 Å². The molecule has 18 heavy (non-hydrogen) atoms. The standard InChI is InChI=1S/C14H22BrN3/c1-4-12-10-17(3)8-5-9-18(12)14-13(15)11(2)6-7-16-14/h6-7,12H,4-5,8-10H2,1-3H3. The highest BCUT2D eigenvalue weighted by Crippen LogP contribution is 2.29. The number of halogens is 1. The summed E-state index contributed by atoms with van der Waals surface area (Å²) in [6, 6.07) is 2.61. The van der Waals surface area contributed by atoms with Gasteiger partial charge < -0.3 is 9.80 Å². The monoisotopic (exact) mass is 311 g/mol. The maximum Gasteiger partial charge on any atom is 0.143 e. The van der Waals surface area contributed by atoms with Gasteiger partial charge in [-0.25, -0.2) is 4.98 Å². The Hall–Kier alpha value is -0.610. The quantitative estimate of drug-likeness (QED) is 0.836. The zero-order valence-corrected chi connectivity index (χ0v) is 13.1. The molecule has 4 heteroatoms. The molecule has 3 nitrogen and oxygen atoms in total. The molecule has 0 amide bonds. The molecule has 1 atom stereocenters. The first-order valence-corrected chi connectivity index (χ1v) is 7.49. The van der Waals surface area contributed by atoms with Gasteiger partial charge in [0, 0.05) is 25.3 Å². The van der Waals surface area contributed by atoms with Crippen LogP contribution in [0.25, 0.3) is 0 Å². The zero-order valence-electron chi connectivity index (χ0n) is 11.5. The van der Waals surface area contributed by atoms with Gasteiger partial charge >= 0.3 is 0 Å². The molecule has 0 bridgehead atoms. The molecule has 0 aromatic carbocycles. The van der Waals surface area contributed by atoms with E-state index in [0.717, 1.165) is 29.8 Å². The Morgan fingerprint density at radius 2 is 2.22 bits per heavy atom. The fourth-order valence-electron chi connectivity index (χ4n) is 2.60. The minimum Gasteiger partial charge on any atom is -0.351 e. The van der Waals surface area contributed by atoms with Gasteiger partial charge in [-0.15, -0.1) is 0 Å². The molecule has 1 aromatic heterocycles. The van der Waals surface area contributed by atoms with Crippen molar-refractivity contribution in [2.45, 2.75) is 32.7 Å². The Labute approximate surface area is 118 Å². The van der Waals surface area contributed by atoms with Crippen molar-refractivity contribution in [3.63, 3.8) is 0 Å². The first kappa shape index (κ1) is 13.8. The predicted octanol–water partition coefficient (Wildman–Crippen LogP) is 3.07. The van der Waals surface area contributed by atoms with E-state index in [1.165, 1.54) is 18.5 Å². The maximum absolute atomic E-state index is 4.59. The van der Waals surface area contributed by atoms with Gasteiger partial charge in [0.2, 0.25) is 0 Å². The van der Waals surface area contributed by atoms with Crippen LogP contribution < -0.4 is 4.90 Å². The summed E-state index contributed by atoms with van der Waals surface area (Å²) < 4.78 is 1.15. The molecule has 0 spiro atoms. The highest BCUT2D eigenvalue weighted by molar-refractivity contribution is 9.10. The third-order valence-electron chi connectivity index (χ3n) is 3.71. The third kappa shape index (κ3) is 2.86. The Morgan fingerprint density at radius 3 is 2.94 bits per heavy atom. The topological polar surface area (TPSA) is 19.4 Å². The van der Waals surface area contributed by atoms with Crippen LogP contribution in [0.1, 0.15) is 25.3 Å². The van der Waals surface area contributed by atoms with E-state index in [1.807, 2.05) is 6.20 Å². The van der Waals surface area contributed by atoms with Gasteiger partial charge in [0.15, 0.2) is 0 Å². The minimum atomic E-state index is 0.558. The average Bonchev–Trinajstić information content (AvgIpc) is 2.54. The van der Waals surface area contributed by atoms with Gasteiger partial charge in [-0.1, -0.05) is 6.92 Å². The van der Waals surface area contributed by atoms with Crippen LogP contribution in [0.15, 0.2) is 16.7 Å². The normalized spacial score (nSPS) is 22.0. The molecule has 1 saturated heterocycles. The molecule has 1 aromatic rings. The van der Waals surface area contributed by atoms with Crippen LogP contribution in [0.5, 0.6) is 0 Å². The summed E-state index contributed by atoms with van der Waals surface area (Å²) in [4.78, 5) is 9.49. The lowest BCUT2D eigenvalue weighted by Crippen LogP contribution is -2.40. The number of pyridine rings is 1. The van der Waals surface area contributed by atoms with Crippen LogP contribution in [-0.4, -0.2) is 42.6 Å². The fourth-order valence-corrected chi connectivity index (χ4v) is 3.06. The largest absolute Gasteiger partial charge is 0.351 e. The van der Waals surface area contributed by atoms with Gasteiger partial charge in [-0.2, -0.15) is 0 Å². The Balaban J connectivity index is 2.31. The van der Waals surface area contributed by atoms with Crippen molar-refractivity contribution < 1.29 is 0 Å². The van der Waals surface area contributed by atoms with Gasteiger partial charge in [-0.05, 0) is 60.9 Å². The molecule has 100 valence electrons. The summed E-state index contributed by atoms with van der Waals surface area (Å²) >= 11 is 3.70. The minimum absolute atomic E-state index is 0.558. The van der Waals surface area contributed by atoms with Crippen molar-refractivity contribution in [3.8, 4) is 0 Å².